The minimum absolute atomic E-state index is 0.250. The summed E-state index contributed by atoms with van der Waals surface area (Å²) in [6.07, 6.45) is -7.43. The Kier molecular flexibility index (Phi) is 6.33. The minimum Gasteiger partial charge on any atom is -0.428 e. The first-order valence-corrected chi connectivity index (χ1v) is 9.21. The quantitative estimate of drug-likeness (QED) is 0.467. The maximum absolute atomic E-state index is 14.8. The number of nitrogens with one attached hydrogen (secondary N) is 1. The van der Waals surface area contributed by atoms with Crippen molar-refractivity contribution in [3.8, 4) is 5.75 Å². The molecule has 0 saturated carbocycles. The lowest BCUT2D eigenvalue weighted by atomic mass is 10.0. The van der Waals surface area contributed by atoms with Crippen molar-refractivity contribution >= 4 is 17.3 Å². The van der Waals surface area contributed by atoms with E-state index in [9.17, 15) is 35.5 Å². The highest BCUT2D eigenvalue weighted by Crippen LogP contribution is 2.34. The van der Waals surface area contributed by atoms with Crippen molar-refractivity contribution < 1.29 is 40.3 Å². The Morgan fingerprint density at radius 2 is 1.74 bits per heavy atom. The summed E-state index contributed by atoms with van der Waals surface area (Å²) in [7, 11) is 0. The summed E-state index contributed by atoms with van der Waals surface area (Å²) in [5, 5.41) is 2.03. The van der Waals surface area contributed by atoms with Crippen LogP contribution in [0, 0.1) is 24.4 Å². The molecule has 0 atom stereocenters. The number of halogens is 7. The van der Waals surface area contributed by atoms with Crippen LogP contribution >= 0.6 is 0 Å². The van der Waals surface area contributed by atoms with Gasteiger partial charge in [-0.1, -0.05) is 6.07 Å². The van der Waals surface area contributed by atoms with Crippen molar-refractivity contribution in [2.75, 3.05) is 23.3 Å². The molecule has 2 aromatic rings. The van der Waals surface area contributed by atoms with E-state index < -0.39 is 47.2 Å². The molecule has 0 aliphatic carbocycles. The second-order valence-electron chi connectivity index (χ2n) is 6.93. The van der Waals surface area contributed by atoms with Crippen LogP contribution in [-0.2, 0) is 0 Å². The van der Waals surface area contributed by atoms with Crippen molar-refractivity contribution in [1.29, 1.82) is 0 Å². The molecule has 1 aliphatic rings. The van der Waals surface area contributed by atoms with E-state index in [-0.39, 0.29) is 16.9 Å². The van der Waals surface area contributed by atoms with Crippen LogP contribution in [0.4, 0.5) is 42.1 Å². The van der Waals surface area contributed by atoms with Gasteiger partial charge in [-0.25, -0.2) is 13.2 Å². The third-order valence-electron chi connectivity index (χ3n) is 4.77. The van der Waals surface area contributed by atoms with E-state index >= 15 is 0 Å². The van der Waals surface area contributed by atoms with Crippen LogP contribution in [0.2, 0.25) is 0 Å². The summed E-state index contributed by atoms with van der Waals surface area (Å²) in [6, 6.07) is 3.90. The second-order valence-corrected chi connectivity index (χ2v) is 6.93. The predicted octanol–water partition coefficient (Wildman–Crippen LogP) is 5.50. The first-order chi connectivity index (χ1) is 14.5. The highest BCUT2D eigenvalue weighted by Gasteiger charge is 2.44. The Bertz CT molecular complexity index is 963. The fourth-order valence-electron chi connectivity index (χ4n) is 3.31. The first kappa shape index (κ1) is 22.7. The molecule has 3 rings (SSSR count). The molecule has 0 aromatic heterocycles. The number of hydrogen-bond acceptors (Lipinski definition) is 3. The highest BCUT2D eigenvalue weighted by atomic mass is 19.3. The monoisotopic (exact) mass is 450 g/mol. The van der Waals surface area contributed by atoms with E-state index in [1.165, 1.54) is 11.8 Å². The van der Waals surface area contributed by atoms with Gasteiger partial charge in [-0.15, -0.1) is 0 Å². The van der Waals surface area contributed by atoms with E-state index in [0.29, 0.717) is 13.1 Å². The van der Waals surface area contributed by atoms with Gasteiger partial charge in [0.25, 0.3) is 5.91 Å². The van der Waals surface area contributed by atoms with Gasteiger partial charge in [-0.05, 0) is 31.9 Å². The van der Waals surface area contributed by atoms with Crippen LogP contribution < -0.4 is 15.0 Å². The molecule has 0 unspecified atom stereocenters. The minimum atomic E-state index is -4.79. The standard InChI is InChI=1S/C20H17F7N2O2/c1-10-14(21)13(15(22)16(23)17(10)29-7-2-3-8-29)18(30)28-11-5-4-6-12(9-11)31-20(26,27)19(24)25/h4-6,9,19H,2-3,7-8H2,1H3,(H,28,30). The van der Waals surface area contributed by atoms with E-state index in [4.69, 9.17) is 0 Å². The zero-order chi connectivity index (χ0) is 22.9. The topological polar surface area (TPSA) is 41.6 Å². The second kappa shape index (κ2) is 8.64. The van der Waals surface area contributed by atoms with Gasteiger partial charge in [0.15, 0.2) is 11.6 Å². The molecular weight excluding hydrogens is 433 g/mol. The number of ether oxygens (including phenoxy) is 1. The van der Waals surface area contributed by atoms with Crippen LogP contribution in [0.3, 0.4) is 0 Å². The lowest BCUT2D eigenvalue weighted by molar-refractivity contribution is -0.253. The zero-order valence-electron chi connectivity index (χ0n) is 16.1. The molecule has 168 valence electrons. The van der Waals surface area contributed by atoms with Crippen LogP contribution in [-0.4, -0.2) is 31.5 Å². The lowest BCUT2D eigenvalue weighted by Gasteiger charge is -2.23. The maximum atomic E-state index is 14.8. The smallest absolute Gasteiger partial charge is 0.428 e. The molecule has 2 aromatic carbocycles. The molecule has 1 aliphatic heterocycles. The van der Waals surface area contributed by atoms with Crippen LogP contribution in [0.1, 0.15) is 28.8 Å². The number of anilines is 2. The molecule has 1 fully saturated rings. The molecule has 0 spiro atoms. The van der Waals surface area contributed by atoms with E-state index in [2.05, 4.69) is 4.74 Å². The van der Waals surface area contributed by atoms with Gasteiger partial charge in [0.05, 0.1) is 5.69 Å². The molecule has 4 nitrogen and oxygen atoms in total. The molecule has 1 saturated heterocycles. The summed E-state index contributed by atoms with van der Waals surface area (Å²) in [5.74, 6) is -6.45. The van der Waals surface area contributed by atoms with Gasteiger partial charge >= 0.3 is 12.5 Å². The summed E-state index contributed by atoms with van der Waals surface area (Å²) in [5.41, 5.74) is -1.98. The Morgan fingerprint density at radius 1 is 1.10 bits per heavy atom. The normalized spacial score (nSPS) is 14.3. The number of benzene rings is 2. The lowest BCUT2D eigenvalue weighted by Crippen LogP contribution is -2.33. The highest BCUT2D eigenvalue weighted by molar-refractivity contribution is 6.05. The molecule has 31 heavy (non-hydrogen) atoms. The van der Waals surface area contributed by atoms with Crippen LogP contribution in [0.25, 0.3) is 0 Å². The number of nitrogens with zero attached hydrogens (tertiary/aromatic N) is 1. The fourth-order valence-corrected chi connectivity index (χ4v) is 3.31. The number of alkyl halides is 4. The Hall–Kier alpha value is -2.98. The molecule has 1 amide bonds. The van der Waals surface area contributed by atoms with E-state index in [1.54, 1.807) is 0 Å². The molecular formula is C20H17F7N2O2. The van der Waals surface area contributed by atoms with Crippen molar-refractivity contribution in [2.45, 2.75) is 32.3 Å². The Labute approximate surface area is 172 Å². The maximum Gasteiger partial charge on any atom is 0.461 e. The largest absolute Gasteiger partial charge is 0.461 e. The number of amides is 1. The van der Waals surface area contributed by atoms with Crippen LogP contribution in [0.15, 0.2) is 24.3 Å². The number of carbonyl (C=O) groups is 1. The number of carbonyl (C=O) groups excluding carboxylic acids is 1. The fraction of sp³-hybridized carbons (Fsp3) is 0.350. The average Bonchev–Trinajstić information content (AvgIpc) is 3.21. The third kappa shape index (κ3) is 4.54. The van der Waals surface area contributed by atoms with Crippen molar-refractivity contribution in [2.24, 2.45) is 0 Å². The van der Waals surface area contributed by atoms with Crippen molar-refractivity contribution in [3.05, 3.63) is 52.8 Å². The predicted molar refractivity (Wildman–Crippen MR) is 98.5 cm³/mol. The Balaban J connectivity index is 1.88. The summed E-state index contributed by atoms with van der Waals surface area (Å²) < 4.78 is 98.6. The molecule has 11 heteroatoms. The van der Waals surface area contributed by atoms with Gasteiger partial charge < -0.3 is 15.0 Å². The average molecular weight is 450 g/mol. The summed E-state index contributed by atoms with van der Waals surface area (Å²) >= 11 is 0. The van der Waals surface area contributed by atoms with Crippen LogP contribution in [0.5, 0.6) is 5.75 Å². The SMILES string of the molecule is Cc1c(F)c(C(=O)Nc2cccc(OC(F)(F)C(F)F)c2)c(F)c(F)c1N1CCCC1. The number of hydrogen-bond donors (Lipinski definition) is 1. The van der Waals surface area contributed by atoms with Gasteiger partial charge in [0, 0.05) is 30.4 Å². The molecule has 1 heterocycles. The Morgan fingerprint density at radius 3 is 2.35 bits per heavy atom. The third-order valence-corrected chi connectivity index (χ3v) is 4.77. The van der Waals surface area contributed by atoms with Gasteiger partial charge in [0.2, 0.25) is 0 Å². The molecule has 0 bridgehead atoms. The molecule has 0 radical (unpaired) electrons. The van der Waals surface area contributed by atoms with E-state index in [1.807, 2.05) is 5.32 Å². The zero-order valence-corrected chi connectivity index (χ0v) is 16.1. The summed E-state index contributed by atoms with van der Waals surface area (Å²) in [6.45, 7) is 2.04. The van der Waals surface area contributed by atoms with Gasteiger partial charge in [-0.3, -0.25) is 4.79 Å². The van der Waals surface area contributed by atoms with E-state index in [0.717, 1.165) is 37.1 Å². The van der Waals surface area contributed by atoms with Gasteiger partial charge in [0.1, 0.15) is 17.1 Å². The van der Waals surface area contributed by atoms with Crippen molar-refractivity contribution in [3.63, 3.8) is 0 Å². The summed E-state index contributed by atoms with van der Waals surface area (Å²) in [4.78, 5) is 13.9. The van der Waals surface area contributed by atoms with Crippen molar-refractivity contribution in [1.82, 2.24) is 0 Å². The number of rotatable bonds is 6. The molecule has 1 N–H and O–H groups in total. The first-order valence-electron chi connectivity index (χ1n) is 9.21. The van der Waals surface area contributed by atoms with Gasteiger partial charge in [-0.2, -0.15) is 17.6 Å².